The number of nitrogens with two attached hydrogens (primary N) is 1. The van der Waals surface area contributed by atoms with E-state index in [1.54, 1.807) is 12.1 Å². The standard InChI is InChI=1S/C14H13F2NO/c1-18-13-7-3-5-11(9-13)14(15,16)10-4-2-6-12(17)8-10/h2-9H,17H2,1H3. The lowest BCUT2D eigenvalue weighted by atomic mass is 10.00. The molecule has 0 atom stereocenters. The Morgan fingerprint density at radius 1 is 1.00 bits per heavy atom. The summed E-state index contributed by atoms with van der Waals surface area (Å²) >= 11 is 0. The molecule has 2 aromatic carbocycles. The van der Waals surface area contributed by atoms with E-state index in [9.17, 15) is 8.78 Å². The molecule has 0 aliphatic carbocycles. The third-order valence-corrected chi connectivity index (χ3v) is 2.68. The summed E-state index contributed by atoms with van der Waals surface area (Å²) in [6.07, 6.45) is 0. The fourth-order valence-electron chi connectivity index (χ4n) is 1.72. The second-order valence-corrected chi connectivity index (χ2v) is 3.93. The van der Waals surface area contributed by atoms with E-state index in [2.05, 4.69) is 0 Å². The Morgan fingerprint density at radius 2 is 1.61 bits per heavy atom. The van der Waals surface area contributed by atoms with Crippen molar-refractivity contribution in [3.8, 4) is 5.75 Å². The molecular weight excluding hydrogens is 236 g/mol. The maximum absolute atomic E-state index is 14.3. The Bertz CT molecular complexity index is 555. The summed E-state index contributed by atoms with van der Waals surface area (Å²) in [6, 6.07) is 11.6. The summed E-state index contributed by atoms with van der Waals surface area (Å²) in [5.41, 5.74) is 5.60. The molecule has 18 heavy (non-hydrogen) atoms. The summed E-state index contributed by atoms with van der Waals surface area (Å²) in [4.78, 5) is 0. The summed E-state index contributed by atoms with van der Waals surface area (Å²) < 4.78 is 33.5. The molecule has 0 unspecified atom stereocenters. The highest BCUT2D eigenvalue weighted by atomic mass is 19.3. The first-order valence-electron chi connectivity index (χ1n) is 5.42. The molecule has 0 aromatic heterocycles. The molecule has 0 radical (unpaired) electrons. The second kappa shape index (κ2) is 4.64. The van der Waals surface area contributed by atoms with Gasteiger partial charge in [-0.15, -0.1) is 0 Å². The Kier molecular flexibility index (Phi) is 3.19. The van der Waals surface area contributed by atoms with E-state index in [-0.39, 0.29) is 11.1 Å². The summed E-state index contributed by atoms with van der Waals surface area (Å²) in [5, 5.41) is 0. The Balaban J connectivity index is 2.46. The van der Waals surface area contributed by atoms with Gasteiger partial charge in [0.25, 0.3) is 5.92 Å². The van der Waals surface area contributed by atoms with Crippen molar-refractivity contribution < 1.29 is 13.5 Å². The van der Waals surface area contributed by atoms with Crippen LogP contribution in [0.2, 0.25) is 0 Å². The molecule has 94 valence electrons. The third kappa shape index (κ3) is 2.27. The first kappa shape index (κ1) is 12.4. The topological polar surface area (TPSA) is 35.2 Å². The third-order valence-electron chi connectivity index (χ3n) is 2.68. The number of benzene rings is 2. The van der Waals surface area contributed by atoms with E-state index in [4.69, 9.17) is 10.5 Å². The molecular formula is C14H13F2NO. The highest BCUT2D eigenvalue weighted by Crippen LogP contribution is 2.37. The van der Waals surface area contributed by atoms with Gasteiger partial charge in [-0.25, -0.2) is 0 Å². The van der Waals surface area contributed by atoms with Crippen LogP contribution in [0.3, 0.4) is 0 Å². The number of hydrogen-bond acceptors (Lipinski definition) is 2. The first-order valence-corrected chi connectivity index (χ1v) is 5.42. The Labute approximate surface area is 104 Å². The Hall–Kier alpha value is -2.10. The molecule has 2 nitrogen and oxygen atoms in total. The maximum atomic E-state index is 14.3. The van der Waals surface area contributed by atoms with Crippen molar-refractivity contribution in [3.63, 3.8) is 0 Å². The molecule has 0 saturated heterocycles. The van der Waals surface area contributed by atoms with Gasteiger partial charge in [-0.3, -0.25) is 0 Å². The van der Waals surface area contributed by atoms with Crippen LogP contribution in [0.25, 0.3) is 0 Å². The van der Waals surface area contributed by atoms with Crippen molar-refractivity contribution in [1.82, 2.24) is 0 Å². The number of rotatable bonds is 3. The second-order valence-electron chi connectivity index (χ2n) is 3.93. The van der Waals surface area contributed by atoms with Gasteiger partial charge in [0.2, 0.25) is 0 Å². The van der Waals surface area contributed by atoms with Crippen molar-refractivity contribution >= 4 is 5.69 Å². The van der Waals surface area contributed by atoms with E-state index in [1.807, 2.05) is 0 Å². The fourth-order valence-corrected chi connectivity index (χ4v) is 1.72. The van der Waals surface area contributed by atoms with E-state index < -0.39 is 5.92 Å². The predicted molar refractivity (Wildman–Crippen MR) is 66.8 cm³/mol. The van der Waals surface area contributed by atoms with Gasteiger partial charge in [0, 0.05) is 16.8 Å². The number of hydrogen-bond donors (Lipinski definition) is 1. The fraction of sp³-hybridized carbons (Fsp3) is 0.143. The zero-order chi connectivity index (χ0) is 13.2. The van der Waals surface area contributed by atoms with Crippen molar-refractivity contribution in [2.24, 2.45) is 0 Å². The highest BCUT2D eigenvalue weighted by molar-refractivity contribution is 5.45. The summed E-state index contributed by atoms with van der Waals surface area (Å²) in [7, 11) is 1.44. The zero-order valence-electron chi connectivity index (χ0n) is 9.86. The lowest BCUT2D eigenvalue weighted by molar-refractivity contribution is 0.0426. The minimum Gasteiger partial charge on any atom is -0.497 e. The van der Waals surface area contributed by atoms with Crippen LogP contribution in [0.4, 0.5) is 14.5 Å². The predicted octanol–water partition coefficient (Wildman–Crippen LogP) is 3.42. The molecule has 2 N–H and O–H groups in total. The minimum absolute atomic E-state index is 0.118. The molecule has 0 amide bonds. The quantitative estimate of drug-likeness (QED) is 0.846. The lowest BCUT2D eigenvalue weighted by Crippen LogP contribution is -2.15. The van der Waals surface area contributed by atoms with E-state index in [0.29, 0.717) is 11.4 Å². The van der Waals surface area contributed by atoms with Gasteiger partial charge >= 0.3 is 0 Å². The van der Waals surface area contributed by atoms with Gasteiger partial charge in [0.15, 0.2) is 0 Å². The van der Waals surface area contributed by atoms with E-state index in [0.717, 1.165) is 0 Å². The zero-order valence-corrected chi connectivity index (χ0v) is 9.86. The normalized spacial score (nSPS) is 11.3. The van der Waals surface area contributed by atoms with Crippen LogP contribution in [-0.2, 0) is 5.92 Å². The molecule has 2 aromatic rings. The highest BCUT2D eigenvalue weighted by Gasteiger charge is 2.34. The molecule has 0 aliphatic rings. The number of ether oxygens (including phenoxy) is 1. The molecule has 0 spiro atoms. The van der Waals surface area contributed by atoms with Gasteiger partial charge in [0.1, 0.15) is 5.75 Å². The molecule has 0 saturated carbocycles. The molecule has 0 heterocycles. The van der Waals surface area contributed by atoms with Crippen LogP contribution >= 0.6 is 0 Å². The van der Waals surface area contributed by atoms with Gasteiger partial charge in [0.05, 0.1) is 7.11 Å². The average molecular weight is 249 g/mol. The summed E-state index contributed by atoms with van der Waals surface area (Å²) in [6.45, 7) is 0. The summed E-state index contributed by atoms with van der Waals surface area (Å²) in [5.74, 6) is -2.69. The van der Waals surface area contributed by atoms with E-state index >= 15 is 0 Å². The van der Waals surface area contributed by atoms with Crippen LogP contribution in [-0.4, -0.2) is 7.11 Å². The number of nitrogen functional groups attached to an aromatic ring is 1. The smallest absolute Gasteiger partial charge is 0.298 e. The average Bonchev–Trinajstić information content (AvgIpc) is 2.39. The van der Waals surface area contributed by atoms with Crippen molar-refractivity contribution in [2.45, 2.75) is 5.92 Å². The number of alkyl halides is 2. The van der Waals surface area contributed by atoms with Crippen molar-refractivity contribution in [1.29, 1.82) is 0 Å². The van der Waals surface area contributed by atoms with Crippen LogP contribution in [0.1, 0.15) is 11.1 Å². The molecule has 2 rings (SSSR count). The monoisotopic (exact) mass is 249 g/mol. The van der Waals surface area contributed by atoms with Gasteiger partial charge in [-0.1, -0.05) is 24.3 Å². The van der Waals surface area contributed by atoms with Crippen molar-refractivity contribution in [2.75, 3.05) is 12.8 Å². The van der Waals surface area contributed by atoms with Crippen molar-refractivity contribution in [3.05, 3.63) is 59.7 Å². The van der Waals surface area contributed by atoms with Crippen LogP contribution in [0.5, 0.6) is 5.75 Å². The number of halogens is 2. The van der Waals surface area contributed by atoms with E-state index in [1.165, 1.54) is 43.5 Å². The lowest BCUT2D eigenvalue weighted by Gasteiger charge is -2.18. The largest absolute Gasteiger partial charge is 0.497 e. The Morgan fingerprint density at radius 3 is 2.22 bits per heavy atom. The minimum atomic E-state index is -3.09. The SMILES string of the molecule is COc1cccc(C(F)(F)c2cccc(N)c2)c1. The number of methoxy groups -OCH3 is 1. The van der Waals surface area contributed by atoms with Gasteiger partial charge < -0.3 is 10.5 Å². The first-order chi connectivity index (χ1) is 8.54. The number of anilines is 1. The molecule has 0 fully saturated rings. The molecule has 0 bridgehead atoms. The van der Waals surface area contributed by atoms with Gasteiger partial charge in [-0.2, -0.15) is 8.78 Å². The van der Waals surface area contributed by atoms with Crippen LogP contribution in [0.15, 0.2) is 48.5 Å². The van der Waals surface area contributed by atoms with Crippen LogP contribution < -0.4 is 10.5 Å². The molecule has 4 heteroatoms. The molecule has 0 aliphatic heterocycles. The van der Waals surface area contributed by atoms with Crippen LogP contribution in [0, 0.1) is 0 Å². The maximum Gasteiger partial charge on any atom is 0.298 e. The van der Waals surface area contributed by atoms with Gasteiger partial charge in [-0.05, 0) is 24.3 Å².